The number of anilines is 1. The van der Waals surface area contributed by atoms with E-state index in [1.807, 2.05) is 49.2 Å². The van der Waals surface area contributed by atoms with Gasteiger partial charge in [-0.2, -0.15) is 0 Å². The molecule has 1 aromatic heterocycles. The molecular weight excluding hydrogens is 370 g/mol. The molecule has 6 heteroatoms. The number of thioether (sulfide) groups is 1. The average molecular weight is 398 g/mol. The van der Waals surface area contributed by atoms with E-state index in [1.54, 1.807) is 12.3 Å². The van der Waals surface area contributed by atoms with Crippen LogP contribution >= 0.6 is 11.8 Å². The summed E-state index contributed by atoms with van der Waals surface area (Å²) in [5.74, 6) is 0.764. The van der Waals surface area contributed by atoms with E-state index in [4.69, 9.17) is 0 Å². The molecule has 1 aromatic carbocycles. The summed E-state index contributed by atoms with van der Waals surface area (Å²) in [7, 11) is 1.90. The molecule has 0 atom stereocenters. The van der Waals surface area contributed by atoms with Crippen LogP contribution in [0.5, 0.6) is 0 Å². The number of nitrogens with one attached hydrogen (secondary N) is 1. The normalized spacial score (nSPS) is 14.5. The summed E-state index contributed by atoms with van der Waals surface area (Å²) in [4.78, 5) is 32.2. The Bertz CT molecular complexity index is 834. The number of amides is 2. The lowest BCUT2D eigenvalue weighted by molar-refractivity contribution is -0.129. The van der Waals surface area contributed by atoms with Crippen LogP contribution in [0.1, 0.15) is 48.0 Å². The van der Waals surface area contributed by atoms with Crippen molar-refractivity contribution < 1.29 is 9.59 Å². The first-order chi connectivity index (χ1) is 13.5. The van der Waals surface area contributed by atoms with Gasteiger partial charge in [-0.25, -0.2) is 4.98 Å². The molecule has 0 aliphatic heterocycles. The SMILES string of the molecule is Cc1ccnc(NC(=O)c2ccccc2SCC(=O)N(C)C2CCCCC2)c1. The van der Waals surface area contributed by atoms with Crippen molar-refractivity contribution in [2.75, 3.05) is 18.1 Å². The second-order valence-corrected chi connectivity index (χ2v) is 8.27. The molecule has 28 heavy (non-hydrogen) atoms. The molecule has 1 aliphatic carbocycles. The van der Waals surface area contributed by atoms with Crippen LogP contribution in [0.15, 0.2) is 47.5 Å². The van der Waals surface area contributed by atoms with Gasteiger partial charge in [0, 0.05) is 24.2 Å². The molecule has 0 unspecified atom stereocenters. The van der Waals surface area contributed by atoms with Crippen LogP contribution in [0, 0.1) is 6.92 Å². The summed E-state index contributed by atoms with van der Waals surface area (Å²) in [6, 6.07) is 11.5. The molecule has 5 nitrogen and oxygen atoms in total. The molecule has 1 aliphatic rings. The van der Waals surface area contributed by atoms with Crippen molar-refractivity contribution in [1.29, 1.82) is 0 Å². The van der Waals surface area contributed by atoms with Gasteiger partial charge in [0.1, 0.15) is 5.82 Å². The number of carbonyl (C=O) groups is 2. The van der Waals surface area contributed by atoms with E-state index in [9.17, 15) is 9.59 Å². The maximum atomic E-state index is 12.7. The van der Waals surface area contributed by atoms with Gasteiger partial charge in [0.2, 0.25) is 5.91 Å². The van der Waals surface area contributed by atoms with Gasteiger partial charge >= 0.3 is 0 Å². The minimum absolute atomic E-state index is 0.118. The van der Waals surface area contributed by atoms with E-state index in [-0.39, 0.29) is 11.8 Å². The number of benzene rings is 1. The molecule has 2 aromatic rings. The standard InChI is InChI=1S/C22H27N3O2S/c1-16-12-13-23-20(14-16)24-22(27)18-10-6-7-11-19(18)28-15-21(26)25(2)17-8-4-3-5-9-17/h6-7,10-14,17H,3-5,8-9,15H2,1-2H3,(H,23,24,27). The van der Waals surface area contributed by atoms with Gasteiger partial charge in [-0.05, 0) is 49.6 Å². The van der Waals surface area contributed by atoms with E-state index < -0.39 is 0 Å². The number of aromatic nitrogens is 1. The maximum absolute atomic E-state index is 12.7. The van der Waals surface area contributed by atoms with Gasteiger partial charge < -0.3 is 10.2 Å². The Kier molecular flexibility index (Phi) is 7.09. The fourth-order valence-electron chi connectivity index (χ4n) is 3.48. The number of aryl methyl sites for hydroxylation is 1. The van der Waals surface area contributed by atoms with Crippen LogP contribution in [0.2, 0.25) is 0 Å². The highest BCUT2D eigenvalue weighted by Crippen LogP contribution is 2.26. The van der Waals surface area contributed by atoms with E-state index >= 15 is 0 Å². The molecule has 1 saturated carbocycles. The summed E-state index contributed by atoms with van der Waals surface area (Å²) in [6.07, 6.45) is 7.53. The van der Waals surface area contributed by atoms with Crippen molar-refractivity contribution >= 4 is 29.4 Å². The number of rotatable bonds is 6. The Balaban J connectivity index is 1.63. The number of hydrogen-bond acceptors (Lipinski definition) is 4. The maximum Gasteiger partial charge on any atom is 0.257 e. The smallest absolute Gasteiger partial charge is 0.257 e. The Morgan fingerprint density at radius 3 is 2.68 bits per heavy atom. The minimum Gasteiger partial charge on any atom is -0.342 e. The first-order valence-corrected chi connectivity index (χ1v) is 10.7. The minimum atomic E-state index is -0.214. The third-order valence-corrected chi connectivity index (χ3v) is 6.21. The molecule has 0 bridgehead atoms. The Labute approximate surface area is 170 Å². The highest BCUT2D eigenvalue weighted by Gasteiger charge is 2.22. The third kappa shape index (κ3) is 5.35. The lowest BCUT2D eigenvalue weighted by atomic mass is 9.94. The van der Waals surface area contributed by atoms with Crippen LogP contribution in [-0.2, 0) is 4.79 Å². The lowest BCUT2D eigenvalue weighted by Crippen LogP contribution is -2.39. The number of carbonyl (C=O) groups excluding carboxylic acids is 2. The zero-order valence-electron chi connectivity index (χ0n) is 16.5. The van der Waals surface area contributed by atoms with Crippen molar-refractivity contribution in [3.63, 3.8) is 0 Å². The molecule has 3 rings (SSSR count). The first kappa shape index (κ1) is 20.4. The second kappa shape index (κ2) is 9.73. The Morgan fingerprint density at radius 1 is 1.18 bits per heavy atom. The predicted octanol–water partition coefficient (Wildman–Crippen LogP) is 4.53. The summed E-state index contributed by atoms with van der Waals surface area (Å²) >= 11 is 1.42. The van der Waals surface area contributed by atoms with Crippen LogP contribution in [0.25, 0.3) is 0 Å². The van der Waals surface area contributed by atoms with Crippen molar-refractivity contribution in [1.82, 2.24) is 9.88 Å². The quantitative estimate of drug-likeness (QED) is 0.728. The van der Waals surface area contributed by atoms with Crippen LogP contribution in [0.3, 0.4) is 0 Å². The van der Waals surface area contributed by atoms with Gasteiger partial charge in [0.25, 0.3) is 5.91 Å². The van der Waals surface area contributed by atoms with Crippen molar-refractivity contribution in [3.8, 4) is 0 Å². The summed E-state index contributed by atoms with van der Waals surface area (Å²) < 4.78 is 0. The summed E-state index contributed by atoms with van der Waals surface area (Å²) in [5.41, 5.74) is 1.59. The van der Waals surface area contributed by atoms with Crippen molar-refractivity contribution in [2.24, 2.45) is 0 Å². The molecule has 0 spiro atoms. The summed E-state index contributed by atoms with van der Waals surface area (Å²) in [5, 5.41) is 2.84. The molecule has 1 N–H and O–H groups in total. The van der Waals surface area contributed by atoms with Gasteiger partial charge in [-0.1, -0.05) is 31.4 Å². The van der Waals surface area contributed by atoms with Gasteiger partial charge in [0.15, 0.2) is 0 Å². The van der Waals surface area contributed by atoms with Gasteiger partial charge in [0.05, 0.1) is 11.3 Å². The zero-order valence-corrected chi connectivity index (χ0v) is 17.3. The highest BCUT2D eigenvalue weighted by atomic mass is 32.2. The molecule has 148 valence electrons. The van der Waals surface area contributed by atoms with E-state index in [0.29, 0.717) is 23.2 Å². The Hall–Kier alpha value is -2.34. The highest BCUT2D eigenvalue weighted by molar-refractivity contribution is 8.00. The second-order valence-electron chi connectivity index (χ2n) is 7.25. The molecule has 0 radical (unpaired) electrons. The number of nitrogens with zero attached hydrogens (tertiary/aromatic N) is 2. The third-order valence-electron chi connectivity index (χ3n) is 5.16. The molecule has 0 saturated heterocycles. The van der Waals surface area contributed by atoms with E-state index in [0.717, 1.165) is 23.3 Å². The Morgan fingerprint density at radius 2 is 1.93 bits per heavy atom. The van der Waals surface area contributed by atoms with Gasteiger partial charge in [-0.3, -0.25) is 9.59 Å². The van der Waals surface area contributed by atoms with E-state index in [1.165, 1.54) is 31.0 Å². The largest absolute Gasteiger partial charge is 0.342 e. The van der Waals surface area contributed by atoms with Gasteiger partial charge in [-0.15, -0.1) is 11.8 Å². The van der Waals surface area contributed by atoms with E-state index in [2.05, 4.69) is 10.3 Å². The monoisotopic (exact) mass is 397 g/mol. The summed E-state index contributed by atoms with van der Waals surface area (Å²) in [6.45, 7) is 1.95. The number of pyridine rings is 1. The van der Waals surface area contributed by atoms with Crippen LogP contribution in [-0.4, -0.2) is 40.5 Å². The molecule has 1 fully saturated rings. The predicted molar refractivity (Wildman–Crippen MR) is 114 cm³/mol. The van der Waals surface area contributed by atoms with Crippen LogP contribution in [0.4, 0.5) is 5.82 Å². The first-order valence-electron chi connectivity index (χ1n) is 9.76. The number of hydrogen-bond donors (Lipinski definition) is 1. The lowest BCUT2D eigenvalue weighted by Gasteiger charge is -2.31. The fourth-order valence-corrected chi connectivity index (χ4v) is 4.46. The molecule has 1 heterocycles. The topological polar surface area (TPSA) is 62.3 Å². The average Bonchev–Trinajstić information content (AvgIpc) is 2.72. The molecule has 2 amide bonds. The van der Waals surface area contributed by atoms with Crippen molar-refractivity contribution in [2.45, 2.75) is 50.0 Å². The van der Waals surface area contributed by atoms with Crippen molar-refractivity contribution in [3.05, 3.63) is 53.7 Å². The zero-order chi connectivity index (χ0) is 19.9. The van der Waals surface area contributed by atoms with Crippen LogP contribution < -0.4 is 5.32 Å². The molecular formula is C22H27N3O2S. The fraction of sp³-hybridized carbons (Fsp3) is 0.409.